The maximum atomic E-state index is 2.29. The van der Waals surface area contributed by atoms with Gasteiger partial charge in [0.05, 0.1) is 0 Å². The van der Waals surface area contributed by atoms with Gasteiger partial charge < -0.3 is 0 Å². The number of benzene rings is 1. The highest BCUT2D eigenvalue weighted by atomic mass is 32.1. The number of fused-ring (bicyclic) bond motifs is 3. The monoisotopic (exact) mass is 226 g/mol. The lowest BCUT2D eigenvalue weighted by Crippen LogP contribution is -2.13. The standard InChI is InChI=1S/C15H14S/c1-15(2)10-6-5-9-13-14(15)11-7-3-4-8-12(11)16-13/h3-10H,1-2H3. The molecular formula is C15H14S. The van der Waals surface area contributed by atoms with Crippen molar-refractivity contribution in [3.63, 3.8) is 0 Å². The average molecular weight is 226 g/mol. The van der Waals surface area contributed by atoms with Gasteiger partial charge in [-0.15, -0.1) is 11.3 Å². The summed E-state index contributed by atoms with van der Waals surface area (Å²) in [6, 6.07) is 8.69. The highest BCUT2D eigenvalue weighted by Gasteiger charge is 2.25. The van der Waals surface area contributed by atoms with Gasteiger partial charge in [0, 0.05) is 15.0 Å². The van der Waals surface area contributed by atoms with Gasteiger partial charge in [-0.05, 0) is 23.1 Å². The molecule has 1 aromatic heterocycles. The Hall–Kier alpha value is -1.34. The lowest BCUT2D eigenvalue weighted by atomic mass is 9.83. The summed E-state index contributed by atoms with van der Waals surface area (Å²) in [5.41, 5.74) is 1.59. The van der Waals surface area contributed by atoms with Crippen LogP contribution in [0.3, 0.4) is 0 Å². The quantitative estimate of drug-likeness (QED) is 0.607. The molecule has 0 N–H and O–H groups in total. The predicted octanol–water partition coefficient (Wildman–Crippen LogP) is 4.76. The Morgan fingerprint density at radius 1 is 1.06 bits per heavy atom. The van der Waals surface area contributed by atoms with Crippen molar-refractivity contribution in [3.8, 4) is 0 Å². The van der Waals surface area contributed by atoms with Crippen molar-refractivity contribution >= 4 is 27.5 Å². The van der Waals surface area contributed by atoms with Crippen molar-refractivity contribution in [1.29, 1.82) is 0 Å². The molecule has 0 saturated heterocycles. The second-order valence-electron chi connectivity index (χ2n) is 4.78. The zero-order valence-electron chi connectivity index (χ0n) is 9.53. The van der Waals surface area contributed by atoms with Crippen molar-refractivity contribution in [3.05, 3.63) is 52.9 Å². The molecule has 0 amide bonds. The van der Waals surface area contributed by atoms with Gasteiger partial charge in [0.25, 0.3) is 0 Å². The summed E-state index contributed by atoms with van der Waals surface area (Å²) >= 11 is 1.89. The SMILES string of the molecule is CC1(C)C=CC=Cc2sc3ccccc3c21. The molecule has 1 heteroatoms. The van der Waals surface area contributed by atoms with Gasteiger partial charge in [0.2, 0.25) is 0 Å². The smallest absolute Gasteiger partial charge is 0.0352 e. The molecule has 16 heavy (non-hydrogen) atoms. The number of rotatable bonds is 0. The summed E-state index contributed by atoms with van der Waals surface area (Å²) in [7, 11) is 0. The van der Waals surface area contributed by atoms with Gasteiger partial charge in [0.15, 0.2) is 0 Å². The topological polar surface area (TPSA) is 0 Å². The third-order valence-electron chi connectivity index (χ3n) is 3.14. The second kappa shape index (κ2) is 3.33. The molecule has 0 atom stereocenters. The zero-order valence-corrected chi connectivity index (χ0v) is 10.3. The highest BCUT2D eigenvalue weighted by molar-refractivity contribution is 7.20. The van der Waals surface area contributed by atoms with Crippen LogP contribution in [0.5, 0.6) is 0 Å². The van der Waals surface area contributed by atoms with Crippen LogP contribution in [0.1, 0.15) is 24.3 Å². The summed E-state index contributed by atoms with van der Waals surface area (Å²) < 4.78 is 1.39. The fourth-order valence-electron chi connectivity index (χ4n) is 2.37. The first-order valence-corrected chi connectivity index (χ1v) is 6.38. The highest BCUT2D eigenvalue weighted by Crippen LogP contribution is 2.41. The van der Waals surface area contributed by atoms with E-state index < -0.39 is 0 Å². The van der Waals surface area contributed by atoms with Gasteiger partial charge in [-0.3, -0.25) is 0 Å². The van der Waals surface area contributed by atoms with Gasteiger partial charge in [0.1, 0.15) is 0 Å². The number of thiophene rings is 1. The number of allylic oxidation sites excluding steroid dienone is 3. The van der Waals surface area contributed by atoms with Crippen LogP contribution in [-0.2, 0) is 5.41 Å². The third-order valence-corrected chi connectivity index (χ3v) is 4.27. The summed E-state index contributed by atoms with van der Waals surface area (Å²) in [5.74, 6) is 0. The Bertz CT molecular complexity index is 597. The van der Waals surface area contributed by atoms with Crippen molar-refractivity contribution in [2.75, 3.05) is 0 Å². The van der Waals surface area contributed by atoms with Gasteiger partial charge in [-0.1, -0.05) is 50.3 Å². The van der Waals surface area contributed by atoms with Crippen LogP contribution in [-0.4, -0.2) is 0 Å². The molecule has 0 saturated carbocycles. The molecule has 80 valence electrons. The Morgan fingerprint density at radius 3 is 2.75 bits per heavy atom. The van der Waals surface area contributed by atoms with Crippen molar-refractivity contribution in [2.45, 2.75) is 19.3 Å². The maximum Gasteiger partial charge on any atom is 0.0352 e. The van der Waals surface area contributed by atoms with Crippen LogP contribution in [0.4, 0.5) is 0 Å². The Kier molecular flexibility index (Phi) is 2.05. The van der Waals surface area contributed by atoms with Crippen LogP contribution < -0.4 is 0 Å². The molecule has 1 aliphatic carbocycles. The minimum absolute atomic E-state index is 0.123. The fraction of sp³-hybridized carbons (Fsp3) is 0.200. The summed E-state index contributed by atoms with van der Waals surface area (Å²) in [4.78, 5) is 1.40. The minimum Gasteiger partial charge on any atom is -0.136 e. The maximum absolute atomic E-state index is 2.29. The average Bonchev–Trinajstić information content (AvgIpc) is 2.56. The molecule has 0 nitrogen and oxygen atoms in total. The van der Waals surface area contributed by atoms with Crippen molar-refractivity contribution < 1.29 is 0 Å². The van der Waals surface area contributed by atoms with Crippen LogP contribution in [0.2, 0.25) is 0 Å². The number of hydrogen-bond donors (Lipinski definition) is 0. The molecule has 0 aliphatic heterocycles. The first kappa shape index (κ1) is 9.86. The van der Waals surface area contributed by atoms with Gasteiger partial charge >= 0.3 is 0 Å². The van der Waals surface area contributed by atoms with Crippen LogP contribution in [0.15, 0.2) is 42.5 Å². The molecule has 0 bridgehead atoms. The molecule has 0 spiro atoms. The molecule has 0 radical (unpaired) electrons. The van der Waals surface area contributed by atoms with Crippen molar-refractivity contribution in [1.82, 2.24) is 0 Å². The fourth-order valence-corrected chi connectivity index (χ4v) is 3.65. The Balaban J connectivity index is 2.43. The minimum atomic E-state index is 0.123. The predicted molar refractivity (Wildman–Crippen MR) is 73.0 cm³/mol. The van der Waals surface area contributed by atoms with E-state index in [-0.39, 0.29) is 5.41 Å². The molecular weight excluding hydrogens is 212 g/mol. The van der Waals surface area contributed by atoms with E-state index >= 15 is 0 Å². The first-order valence-electron chi connectivity index (χ1n) is 5.56. The van der Waals surface area contributed by atoms with Crippen LogP contribution in [0.25, 0.3) is 16.2 Å². The van der Waals surface area contributed by atoms with Gasteiger partial charge in [-0.25, -0.2) is 0 Å². The number of hydrogen-bond acceptors (Lipinski definition) is 1. The summed E-state index contributed by atoms with van der Waals surface area (Å²) in [6.45, 7) is 4.57. The van der Waals surface area contributed by atoms with Crippen molar-refractivity contribution in [2.24, 2.45) is 0 Å². The second-order valence-corrected chi connectivity index (χ2v) is 5.86. The van der Waals surface area contributed by atoms with Gasteiger partial charge in [-0.2, -0.15) is 0 Å². The van der Waals surface area contributed by atoms with E-state index in [4.69, 9.17) is 0 Å². The lowest BCUT2D eigenvalue weighted by Gasteiger charge is -2.20. The Morgan fingerprint density at radius 2 is 1.88 bits per heavy atom. The summed E-state index contributed by atoms with van der Waals surface area (Å²) in [5, 5.41) is 1.41. The molecule has 1 aromatic carbocycles. The van der Waals surface area contributed by atoms with E-state index in [0.29, 0.717) is 0 Å². The van der Waals surface area contributed by atoms with E-state index in [9.17, 15) is 0 Å². The van der Waals surface area contributed by atoms with E-state index in [1.165, 1.54) is 20.5 Å². The van der Waals surface area contributed by atoms with Crippen LogP contribution in [0, 0.1) is 0 Å². The molecule has 3 rings (SSSR count). The largest absolute Gasteiger partial charge is 0.136 e. The molecule has 1 heterocycles. The lowest BCUT2D eigenvalue weighted by molar-refractivity contribution is 0.679. The van der Waals surface area contributed by atoms with E-state index in [1.807, 2.05) is 11.3 Å². The zero-order chi connectivity index (χ0) is 11.2. The molecule has 0 unspecified atom stereocenters. The van der Waals surface area contributed by atoms with E-state index in [1.54, 1.807) is 0 Å². The van der Waals surface area contributed by atoms with E-state index in [0.717, 1.165) is 0 Å². The Labute approximate surface area is 99.9 Å². The molecule has 0 fully saturated rings. The van der Waals surface area contributed by atoms with E-state index in [2.05, 4.69) is 62.4 Å². The molecule has 2 aromatic rings. The molecule has 1 aliphatic rings. The first-order chi connectivity index (χ1) is 7.68. The van der Waals surface area contributed by atoms with Crippen LogP contribution >= 0.6 is 11.3 Å². The third kappa shape index (κ3) is 1.35. The normalized spacial score (nSPS) is 17.4. The summed E-state index contributed by atoms with van der Waals surface area (Å²) in [6.07, 6.45) is 8.81.